The Balaban J connectivity index is 5.82. The van der Waals surface area contributed by atoms with Crippen molar-refractivity contribution < 1.29 is 58.2 Å². The topological polar surface area (TPSA) is 35.5 Å². The molecule has 1 atom stereocenters. The van der Waals surface area contributed by atoms with E-state index < -0.39 is 56.6 Å². The van der Waals surface area contributed by atoms with Crippen LogP contribution in [-0.4, -0.2) is 41.1 Å². The lowest BCUT2D eigenvalue weighted by atomic mass is 10.2. The first-order chi connectivity index (χ1) is 8.94. The van der Waals surface area contributed by atoms with E-state index in [1.807, 2.05) is 4.74 Å². The first-order valence-corrected chi connectivity index (χ1v) is 5.38. The molecule has 0 aromatic rings. The summed E-state index contributed by atoms with van der Waals surface area (Å²) in [6.45, 7) is 0. The molecule has 1 unspecified atom stereocenters. The van der Waals surface area contributed by atoms with Crippen molar-refractivity contribution in [1.29, 1.82) is 0 Å². The predicted molar refractivity (Wildman–Crippen MR) is 51.9 cm³/mol. The van der Waals surface area contributed by atoms with E-state index in [1.165, 1.54) is 0 Å². The molecule has 126 valence electrons. The summed E-state index contributed by atoms with van der Waals surface area (Å²) >= 11 is -0.572. The molecule has 0 bridgehead atoms. The van der Waals surface area contributed by atoms with Gasteiger partial charge in [-0.25, -0.2) is 4.79 Å². The van der Waals surface area contributed by atoms with Crippen LogP contribution in [0.4, 0.5) is 43.9 Å². The standard InChI is InChI=1S/C7H3F10IO3/c1-20-2(19)3(8,9)7(16,17)21-4(10,5(11,12)13)6(14,15)18/h1H3. The van der Waals surface area contributed by atoms with Crippen molar-refractivity contribution in [2.45, 2.75) is 28.0 Å². The largest absolute Gasteiger partial charge is 0.464 e. The Bertz CT molecular complexity index is 386. The van der Waals surface area contributed by atoms with Gasteiger partial charge in [0, 0.05) is 22.6 Å². The number of halogens is 11. The van der Waals surface area contributed by atoms with E-state index in [9.17, 15) is 48.7 Å². The van der Waals surface area contributed by atoms with Crippen LogP contribution in [0.25, 0.3) is 0 Å². The molecule has 0 aromatic carbocycles. The third-order valence-electron chi connectivity index (χ3n) is 1.81. The number of carbonyl (C=O) groups excluding carboxylic acids is 1. The maximum absolute atomic E-state index is 13.1. The summed E-state index contributed by atoms with van der Waals surface area (Å²) < 4.78 is 125. The van der Waals surface area contributed by atoms with Crippen LogP contribution in [0.3, 0.4) is 0 Å². The van der Waals surface area contributed by atoms with Gasteiger partial charge in [-0.15, -0.1) is 0 Å². The molecular formula is C7H3F10IO3. The Morgan fingerprint density at radius 1 is 0.905 bits per heavy atom. The number of alkyl halides is 11. The first-order valence-electron chi connectivity index (χ1n) is 4.30. The molecule has 21 heavy (non-hydrogen) atoms. The SMILES string of the molecule is COC(=O)C(F)(F)C(F)(F)OC(F)(C(F)(F)F)C(F)(F)I. The molecule has 3 nitrogen and oxygen atoms in total. The molecular weight excluding hydrogens is 449 g/mol. The number of hydrogen-bond acceptors (Lipinski definition) is 3. The Morgan fingerprint density at radius 3 is 1.52 bits per heavy atom. The highest BCUT2D eigenvalue weighted by molar-refractivity contribution is 14.1. The van der Waals surface area contributed by atoms with E-state index in [2.05, 4.69) is 4.74 Å². The molecule has 0 amide bonds. The minimum atomic E-state index is -6.81. The smallest absolute Gasteiger partial charge is 0.456 e. The number of rotatable bonds is 5. The molecule has 0 aliphatic heterocycles. The van der Waals surface area contributed by atoms with Gasteiger partial charge in [0.2, 0.25) is 0 Å². The van der Waals surface area contributed by atoms with Crippen molar-refractivity contribution in [1.82, 2.24) is 0 Å². The van der Waals surface area contributed by atoms with Crippen molar-refractivity contribution in [2.24, 2.45) is 0 Å². The first kappa shape index (κ1) is 20.5. The van der Waals surface area contributed by atoms with Crippen molar-refractivity contribution in [3.05, 3.63) is 0 Å². The summed E-state index contributed by atoms with van der Waals surface area (Å²) in [7, 11) is 0.145. The minimum absolute atomic E-state index is 0.145. The second kappa shape index (κ2) is 5.58. The second-order valence-electron chi connectivity index (χ2n) is 3.28. The molecule has 0 saturated carbocycles. The van der Waals surface area contributed by atoms with Crippen molar-refractivity contribution in [3.63, 3.8) is 0 Å². The summed E-state index contributed by atoms with van der Waals surface area (Å²) in [6, 6.07) is 0. The maximum atomic E-state index is 13.1. The van der Waals surface area contributed by atoms with E-state index in [0.717, 1.165) is 0 Å². The number of hydrogen-bond donors (Lipinski definition) is 0. The number of methoxy groups -OCH3 is 1. The van der Waals surface area contributed by atoms with Gasteiger partial charge in [0.15, 0.2) is 0 Å². The molecule has 0 N–H and O–H groups in total. The second-order valence-corrected chi connectivity index (χ2v) is 4.63. The normalized spacial score (nSPS) is 17.3. The summed E-state index contributed by atoms with van der Waals surface area (Å²) in [6.07, 6.45) is -13.4. The molecule has 0 aromatic heterocycles. The third kappa shape index (κ3) is 3.62. The summed E-state index contributed by atoms with van der Waals surface area (Å²) in [4.78, 5) is 10.3. The molecule has 0 rings (SSSR count). The Kier molecular flexibility index (Phi) is 5.44. The van der Waals surface area contributed by atoms with Gasteiger partial charge in [0.05, 0.1) is 7.11 Å². The number of esters is 1. The number of ether oxygens (including phenoxy) is 2. The van der Waals surface area contributed by atoms with Crippen molar-refractivity contribution in [3.8, 4) is 0 Å². The average molecular weight is 452 g/mol. The fourth-order valence-corrected chi connectivity index (χ4v) is 1.18. The lowest BCUT2D eigenvalue weighted by Gasteiger charge is -2.35. The summed E-state index contributed by atoms with van der Waals surface area (Å²) in [5.74, 6) is -15.7. The highest BCUT2D eigenvalue weighted by Crippen LogP contribution is 2.53. The molecule has 0 fully saturated rings. The molecule has 0 radical (unpaired) electrons. The molecule has 0 spiro atoms. The van der Waals surface area contributed by atoms with Crippen molar-refractivity contribution >= 4 is 28.6 Å². The van der Waals surface area contributed by atoms with Crippen LogP contribution in [-0.2, 0) is 14.3 Å². The zero-order valence-corrected chi connectivity index (χ0v) is 11.5. The van der Waals surface area contributed by atoms with Gasteiger partial charge >= 0.3 is 34.0 Å². The Morgan fingerprint density at radius 2 is 1.29 bits per heavy atom. The lowest BCUT2D eigenvalue weighted by molar-refractivity contribution is -0.466. The van der Waals surface area contributed by atoms with Crippen molar-refractivity contribution in [2.75, 3.05) is 7.11 Å². The third-order valence-corrected chi connectivity index (χ3v) is 2.50. The zero-order chi connectivity index (χ0) is 17.5. The lowest BCUT2D eigenvalue weighted by Crippen LogP contribution is -2.62. The van der Waals surface area contributed by atoms with E-state index in [-0.39, 0.29) is 7.11 Å². The van der Waals surface area contributed by atoms with E-state index in [0.29, 0.717) is 0 Å². The average Bonchev–Trinajstić information content (AvgIpc) is 2.23. The maximum Gasteiger partial charge on any atom is 0.456 e. The van der Waals surface area contributed by atoms with Crippen LogP contribution >= 0.6 is 22.6 Å². The molecule has 0 saturated heterocycles. The molecule has 14 heteroatoms. The fraction of sp³-hybridized carbons (Fsp3) is 0.857. The van der Waals surface area contributed by atoms with Crippen LogP contribution in [0.15, 0.2) is 0 Å². The van der Waals surface area contributed by atoms with Gasteiger partial charge in [0.25, 0.3) is 0 Å². The van der Waals surface area contributed by atoms with Gasteiger partial charge in [-0.05, 0) is 0 Å². The van der Waals surface area contributed by atoms with Crippen LogP contribution in [0, 0.1) is 0 Å². The Hall–Kier alpha value is -0.540. The van der Waals surface area contributed by atoms with E-state index in [1.54, 1.807) is 0 Å². The Labute approximate surface area is 122 Å². The molecule has 0 heterocycles. The fourth-order valence-electron chi connectivity index (χ4n) is 0.764. The monoisotopic (exact) mass is 452 g/mol. The van der Waals surface area contributed by atoms with Gasteiger partial charge in [-0.3, -0.25) is 4.74 Å². The van der Waals surface area contributed by atoms with Crippen LogP contribution < -0.4 is 0 Å². The molecule has 0 aliphatic rings. The highest BCUT2D eigenvalue weighted by atomic mass is 127. The van der Waals surface area contributed by atoms with Crippen LogP contribution in [0.2, 0.25) is 0 Å². The molecule has 0 aliphatic carbocycles. The van der Waals surface area contributed by atoms with Gasteiger partial charge in [-0.2, -0.15) is 43.9 Å². The quantitative estimate of drug-likeness (QED) is 0.277. The van der Waals surface area contributed by atoms with Crippen LogP contribution in [0.5, 0.6) is 0 Å². The summed E-state index contributed by atoms with van der Waals surface area (Å²) in [5.41, 5.74) is 0. The minimum Gasteiger partial charge on any atom is -0.464 e. The zero-order valence-electron chi connectivity index (χ0n) is 9.38. The van der Waals surface area contributed by atoms with Gasteiger partial charge < -0.3 is 4.74 Å². The predicted octanol–water partition coefficient (Wildman–Crippen LogP) is 3.66. The highest BCUT2D eigenvalue weighted by Gasteiger charge is 2.79. The van der Waals surface area contributed by atoms with Crippen LogP contribution in [0.1, 0.15) is 0 Å². The summed E-state index contributed by atoms with van der Waals surface area (Å²) in [5, 5.41) is 0. The number of carbonyl (C=O) groups is 1. The van der Waals surface area contributed by atoms with E-state index in [4.69, 9.17) is 0 Å². The van der Waals surface area contributed by atoms with Gasteiger partial charge in [0.1, 0.15) is 0 Å². The van der Waals surface area contributed by atoms with Gasteiger partial charge in [-0.1, -0.05) is 0 Å². The van der Waals surface area contributed by atoms with E-state index >= 15 is 0 Å².